The average Bonchev–Trinajstić information content (AvgIpc) is 3.19. The van der Waals surface area contributed by atoms with Crippen LogP contribution >= 0.6 is 11.3 Å². The summed E-state index contributed by atoms with van der Waals surface area (Å²) in [5.74, 6) is -0.445. The summed E-state index contributed by atoms with van der Waals surface area (Å²) in [6.07, 6.45) is 0.0630. The van der Waals surface area contributed by atoms with Crippen LogP contribution in [0.1, 0.15) is 34.6 Å². The molecule has 1 aromatic heterocycles. The van der Waals surface area contributed by atoms with Gasteiger partial charge in [0.15, 0.2) is 5.13 Å². The molecule has 0 saturated heterocycles. The van der Waals surface area contributed by atoms with Crippen LogP contribution in [0.15, 0.2) is 60.0 Å². The highest BCUT2D eigenvalue weighted by Crippen LogP contribution is 2.24. The van der Waals surface area contributed by atoms with E-state index in [0.29, 0.717) is 22.0 Å². The molecule has 9 heteroatoms. The first-order valence-corrected chi connectivity index (χ1v) is 10.0. The third-order valence-electron chi connectivity index (χ3n) is 4.68. The molecule has 154 valence electrons. The highest BCUT2D eigenvalue weighted by Gasteiger charge is 2.20. The molecule has 0 bridgehead atoms. The molecular weight excluding hydrogens is 404 g/mol. The number of amides is 2. The van der Waals surface area contributed by atoms with Crippen molar-refractivity contribution in [2.45, 2.75) is 19.4 Å². The maximum atomic E-state index is 12.7. The molecule has 30 heavy (non-hydrogen) atoms. The van der Waals surface area contributed by atoms with Gasteiger partial charge in [-0.1, -0.05) is 30.3 Å². The van der Waals surface area contributed by atoms with Crippen molar-refractivity contribution in [3.05, 3.63) is 86.9 Å². The Labute approximate surface area is 177 Å². The van der Waals surface area contributed by atoms with Gasteiger partial charge in [0.1, 0.15) is 0 Å². The number of rotatable bonds is 7. The van der Waals surface area contributed by atoms with Gasteiger partial charge in [0.25, 0.3) is 11.6 Å². The number of hydrogen-bond acceptors (Lipinski definition) is 6. The number of hydrogen-bond donors (Lipinski definition) is 1. The number of nitrogens with one attached hydrogen (secondary N) is 1. The lowest BCUT2D eigenvalue weighted by molar-refractivity contribution is -0.384. The fourth-order valence-corrected chi connectivity index (χ4v) is 3.53. The highest BCUT2D eigenvalue weighted by molar-refractivity contribution is 7.14. The van der Waals surface area contributed by atoms with Gasteiger partial charge in [0.2, 0.25) is 5.91 Å². The molecule has 2 amide bonds. The average molecular weight is 424 g/mol. The van der Waals surface area contributed by atoms with Crippen molar-refractivity contribution in [2.75, 3.05) is 12.4 Å². The fraction of sp³-hybridized carbons (Fsp3) is 0.190. The van der Waals surface area contributed by atoms with Crippen molar-refractivity contribution >= 4 is 34.0 Å². The first-order valence-electron chi connectivity index (χ1n) is 9.16. The molecule has 0 aliphatic rings. The molecule has 1 unspecified atom stereocenters. The summed E-state index contributed by atoms with van der Waals surface area (Å²) in [7, 11) is 1.65. The third-order valence-corrected chi connectivity index (χ3v) is 5.48. The van der Waals surface area contributed by atoms with Crippen molar-refractivity contribution in [1.82, 2.24) is 9.88 Å². The van der Waals surface area contributed by atoms with E-state index in [1.807, 2.05) is 13.0 Å². The number of nitrogens with zero attached hydrogens (tertiary/aromatic N) is 3. The van der Waals surface area contributed by atoms with E-state index in [4.69, 9.17) is 0 Å². The summed E-state index contributed by atoms with van der Waals surface area (Å²) in [4.78, 5) is 41.2. The minimum Gasteiger partial charge on any atom is -0.339 e. The Bertz CT molecular complexity index is 1070. The van der Waals surface area contributed by atoms with Gasteiger partial charge in [-0.05, 0) is 24.6 Å². The van der Waals surface area contributed by atoms with Crippen molar-refractivity contribution < 1.29 is 14.5 Å². The van der Waals surface area contributed by atoms with E-state index in [-0.39, 0.29) is 30.0 Å². The molecule has 0 aliphatic heterocycles. The quantitative estimate of drug-likeness (QED) is 0.455. The molecule has 8 nitrogen and oxygen atoms in total. The smallest absolute Gasteiger partial charge is 0.269 e. The molecule has 0 radical (unpaired) electrons. The Hall–Kier alpha value is -3.59. The standard InChI is InChI=1S/C21H20N4O4S/c1-14(16-9-6-10-18(11-16)25(28)29)24(2)19(26)12-17-13-30-21(22-17)23-20(27)15-7-4-3-5-8-15/h3-11,13-14H,12H2,1-2H3,(H,22,23,27). The number of nitro benzene ring substituents is 1. The number of anilines is 1. The summed E-state index contributed by atoms with van der Waals surface area (Å²) < 4.78 is 0. The predicted molar refractivity (Wildman–Crippen MR) is 114 cm³/mol. The van der Waals surface area contributed by atoms with Crippen LogP contribution in [0, 0.1) is 10.1 Å². The second-order valence-corrected chi connectivity index (χ2v) is 7.53. The van der Waals surface area contributed by atoms with E-state index in [0.717, 1.165) is 0 Å². The molecule has 0 aliphatic carbocycles. The Morgan fingerprint density at radius 2 is 1.93 bits per heavy atom. The number of benzene rings is 2. The topological polar surface area (TPSA) is 105 Å². The van der Waals surface area contributed by atoms with Crippen LogP contribution in [0.4, 0.5) is 10.8 Å². The van der Waals surface area contributed by atoms with Crippen LogP contribution in [0.3, 0.4) is 0 Å². The molecule has 3 aromatic rings. The molecule has 1 N–H and O–H groups in total. The maximum absolute atomic E-state index is 12.7. The van der Waals surface area contributed by atoms with E-state index in [1.54, 1.807) is 48.8 Å². The number of carbonyl (C=O) groups excluding carboxylic acids is 2. The molecule has 0 saturated carbocycles. The SMILES string of the molecule is CC(c1cccc([N+](=O)[O-])c1)N(C)C(=O)Cc1csc(NC(=O)c2ccccc2)n1. The van der Waals surface area contributed by atoms with Gasteiger partial charge in [0.05, 0.1) is 23.1 Å². The summed E-state index contributed by atoms with van der Waals surface area (Å²) >= 11 is 1.25. The highest BCUT2D eigenvalue weighted by atomic mass is 32.1. The third kappa shape index (κ3) is 5.06. The van der Waals surface area contributed by atoms with Crippen LogP contribution in [-0.2, 0) is 11.2 Å². The van der Waals surface area contributed by atoms with E-state index in [9.17, 15) is 19.7 Å². The van der Waals surface area contributed by atoms with Gasteiger partial charge in [-0.15, -0.1) is 11.3 Å². The monoisotopic (exact) mass is 424 g/mol. The summed E-state index contributed by atoms with van der Waals surface area (Å²) in [6.45, 7) is 1.81. The molecule has 1 heterocycles. The van der Waals surface area contributed by atoms with E-state index in [1.165, 1.54) is 28.4 Å². The predicted octanol–water partition coefficient (Wildman–Crippen LogP) is 4.07. The zero-order valence-electron chi connectivity index (χ0n) is 16.4. The Morgan fingerprint density at radius 1 is 1.20 bits per heavy atom. The summed E-state index contributed by atoms with van der Waals surface area (Å²) in [5, 5.41) is 15.8. The van der Waals surface area contributed by atoms with Gasteiger partial charge in [-0.2, -0.15) is 0 Å². The number of carbonyl (C=O) groups is 2. The zero-order valence-corrected chi connectivity index (χ0v) is 17.3. The van der Waals surface area contributed by atoms with Crippen LogP contribution in [-0.4, -0.2) is 33.7 Å². The van der Waals surface area contributed by atoms with Gasteiger partial charge in [-0.25, -0.2) is 4.98 Å². The Kier molecular flexibility index (Phi) is 6.53. The molecular formula is C21H20N4O4S. The molecule has 3 rings (SSSR count). The number of aromatic nitrogens is 1. The zero-order chi connectivity index (χ0) is 21.7. The van der Waals surface area contributed by atoms with Crippen LogP contribution in [0.2, 0.25) is 0 Å². The molecule has 2 aromatic carbocycles. The molecule has 1 atom stereocenters. The fourth-order valence-electron chi connectivity index (χ4n) is 2.82. The molecule has 0 spiro atoms. The van der Waals surface area contributed by atoms with Gasteiger partial charge >= 0.3 is 0 Å². The second kappa shape index (κ2) is 9.27. The maximum Gasteiger partial charge on any atom is 0.269 e. The number of nitro groups is 1. The lowest BCUT2D eigenvalue weighted by atomic mass is 10.1. The minimum absolute atomic E-state index is 0.0153. The van der Waals surface area contributed by atoms with Crippen molar-refractivity contribution in [2.24, 2.45) is 0 Å². The summed E-state index contributed by atoms with van der Waals surface area (Å²) in [6, 6.07) is 14.7. The summed E-state index contributed by atoms with van der Waals surface area (Å²) in [5.41, 5.74) is 1.73. The Morgan fingerprint density at radius 3 is 2.63 bits per heavy atom. The number of thiazole rings is 1. The van der Waals surface area contributed by atoms with Gasteiger partial charge in [0, 0.05) is 30.1 Å². The van der Waals surface area contributed by atoms with E-state index >= 15 is 0 Å². The van der Waals surface area contributed by atoms with Crippen LogP contribution in [0.5, 0.6) is 0 Å². The minimum atomic E-state index is -0.460. The lowest BCUT2D eigenvalue weighted by Crippen LogP contribution is -2.31. The van der Waals surface area contributed by atoms with Crippen molar-refractivity contribution in [3.63, 3.8) is 0 Å². The van der Waals surface area contributed by atoms with Crippen LogP contribution < -0.4 is 5.32 Å². The molecule has 0 fully saturated rings. The van der Waals surface area contributed by atoms with Gasteiger partial charge < -0.3 is 4.90 Å². The largest absolute Gasteiger partial charge is 0.339 e. The number of likely N-dealkylation sites (N-methyl/N-ethyl adjacent to an activating group) is 1. The second-order valence-electron chi connectivity index (χ2n) is 6.67. The Balaban J connectivity index is 1.62. The number of non-ortho nitro benzene ring substituents is 1. The van der Waals surface area contributed by atoms with E-state index in [2.05, 4.69) is 10.3 Å². The first-order chi connectivity index (χ1) is 14.3. The lowest BCUT2D eigenvalue weighted by Gasteiger charge is -2.25. The first kappa shape index (κ1) is 21.1. The van der Waals surface area contributed by atoms with Gasteiger partial charge in [-0.3, -0.25) is 25.0 Å². The normalized spacial score (nSPS) is 11.5. The van der Waals surface area contributed by atoms with Crippen molar-refractivity contribution in [1.29, 1.82) is 0 Å². The van der Waals surface area contributed by atoms with Crippen molar-refractivity contribution in [3.8, 4) is 0 Å². The van der Waals surface area contributed by atoms with Crippen LogP contribution in [0.25, 0.3) is 0 Å². The van der Waals surface area contributed by atoms with E-state index < -0.39 is 4.92 Å².